The molecule has 0 saturated heterocycles. The first-order valence-corrected chi connectivity index (χ1v) is 11.2. The molecule has 4 rings (SSSR count). The van der Waals surface area contributed by atoms with E-state index >= 15 is 0 Å². The van der Waals surface area contributed by atoms with Crippen molar-refractivity contribution in [3.05, 3.63) is 16.5 Å². The fourth-order valence-corrected chi connectivity index (χ4v) is 5.58. The van der Waals surface area contributed by atoms with E-state index in [-0.39, 0.29) is 11.2 Å². The van der Waals surface area contributed by atoms with Crippen LogP contribution in [0.1, 0.15) is 56.4 Å². The van der Waals surface area contributed by atoms with Gasteiger partial charge >= 0.3 is 0 Å². The Morgan fingerprint density at radius 1 is 1.35 bits per heavy atom. The Bertz CT molecular complexity index is 780. The van der Waals surface area contributed by atoms with Gasteiger partial charge in [0.25, 0.3) is 11.1 Å². The SMILES string of the molecule is C[C@@H]1CCc2sc(-c3nnc(S[C@@H](C)C(=O)NC4CCCC4)o3)cc2C1. The Morgan fingerprint density at radius 2 is 2.15 bits per heavy atom. The highest BCUT2D eigenvalue weighted by atomic mass is 32.2. The van der Waals surface area contributed by atoms with Gasteiger partial charge in [0, 0.05) is 10.9 Å². The van der Waals surface area contributed by atoms with Crippen LogP contribution in [0.5, 0.6) is 0 Å². The summed E-state index contributed by atoms with van der Waals surface area (Å²) in [6.45, 7) is 4.20. The second kappa shape index (κ2) is 7.72. The van der Waals surface area contributed by atoms with Crippen molar-refractivity contribution in [2.45, 2.75) is 75.3 Å². The standard InChI is InChI=1S/C19H25N3O2S2/c1-11-7-8-15-13(9-11)10-16(26-15)18-21-22-19(24-18)25-12(2)17(23)20-14-5-3-4-6-14/h10-12,14H,3-9H2,1-2H3,(H,20,23)/t11-,12+/m1/s1. The largest absolute Gasteiger partial charge is 0.410 e. The van der Waals surface area contributed by atoms with Crippen LogP contribution in [0.3, 0.4) is 0 Å². The quantitative estimate of drug-likeness (QED) is 0.762. The summed E-state index contributed by atoms with van der Waals surface area (Å²) in [5, 5.41) is 11.7. The minimum Gasteiger partial charge on any atom is -0.410 e. The number of rotatable bonds is 5. The number of thioether (sulfide) groups is 1. The van der Waals surface area contributed by atoms with Crippen molar-refractivity contribution < 1.29 is 9.21 Å². The van der Waals surface area contributed by atoms with Gasteiger partial charge in [0.2, 0.25) is 5.91 Å². The molecule has 7 heteroatoms. The number of thiophene rings is 1. The molecule has 2 heterocycles. The number of aryl methyl sites for hydroxylation is 1. The summed E-state index contributed by atoms with van der Waals surface area (Å²) in [6, 6.07) is 2.54. The van der Waals surface area contributed by atoms with Gasteiger partial charge < -0.3 is 9.73 Å². The molecule has 2 aliphatic carbocycles. The number of aromatic nitrogens is 2. The molecule has 0 spiro atoms. The van der Waals surface area contributed by atoms with Gasteiger partial charge in [-0.05, 0) is 56.6 Å². The maximum Gasteiger partial charge on any atom is 0.277 e. The summed E-state index contributed by atoms with van der Waals surface area (Å²) in [7, 11) is 0. The Balaban J connectivity index is 1.39. The van der Waals surface area contributed by atoms with Crippen LogP contribution in [0.2, 0.25) is 0 Å². The monoisotopic (exact) mass is 391 g/mol. The fourth-order valence-electron chi connectivity index (χ4n) is 3.76. The molecule has 26 heavy (non-hydrogen) atoms. The van der Waals surface area contributed by atoms with Gasteiger partial charge in [-0.1, -0.05) is 31.5 Å². The lowest BCUT2D eigenvalue weighted by molar-refractivity contribution is -0.120. The highest BCUT2D eigenvalue weighted by Gasteiger charge is 2.24. The second-order valence-corrected chi connectivity index (χ2v) is 9.96. The number of hydrogen-bond acceptors (Lipinski definition) is 6. The van der Waals surface area contributed by atoms with Crippen LogP contribution in [-0.4, -0.2) is 27.4 Å². The van der Waals surface area contributed by atoms with Crippen LogP contribution in [0.15, 0.2) is 15.7 Å². The molecule has 2 atom stereocenters. The third kappa shape index (κ3) is 3.98. The smallest absolute Gasteiger partial charge is 0.277 e. The normalized spacial score (nSPS) is 21.5. The molecule has 0 radical (unpaired) electrons. The molecule has 1 N–H and O–H groups in total. The lowest BCUT2D eigenvalue weighted by atomic mass is 9.90. The summed E-state index contributed by atoms with van der Waals surface area (Å²) >= 11 is 3.10. The summed E-state index contributed by atoms with van der Waals surface area (Å²) in [5.74, 6) is 1.38. The number of amides is 1. The van der Waals surface area contributed by atoms with E-state index in [0.717, 1.165) is 36.5 Å². The predicted molar refractivity (Wildman–Crippen MR) is 105 cm³/mol. The lowest BCUT2D eigenvalue weighted by Gasteiger charge is -2.16. The maximum absolute atomic E-state index is 12.3. The van der Waals surface area contributed by atoms with Crippen LogP contribution >= 0.6 is 23.1 Å². The van der Waals surface area contributed by atoms with Crippen molar-refractivity contribution in [1.29, 1.82) is 0 Å². The number of fused-ring (bicyclic) bond motifs is 1. The molecule has 1 fully saturated rings. The van der Waals surface area contributed by atoms with Crippen LogP contribution in [0.25, 0.3) is 10.8 Å². The number of nitrogens with one attached hydrogen (secondary N) is 1. The van der Waals surface area contributed by atoms with Crippen LogP contribution in [0, 0.1) is 5.92 Å². The van der Waals surface area contributed by atoms with E-state index in [9.17, 15) is 4.79 Å². The molecule has 0 aliphatic heterocycles. The fraction of sp³-hybridized carbons (Fsp3) is 0.632. The highest BCUT2D eigenvalue weighted by molar-refractivity contribution is 8.00. The number of hydrogen-bond donors (Lipinski definition) is 1. The van der Waals surface area contributed by atoms with Crippen molar-refractivity contribution in [1.82, 2.24) is 15.5 Å². The average Bonchev–Trinajstić information content (AvgIpc) is 3.34. The molecule has 2 aliphatic rings. The van der Waals surface area contributed by atoms with E-state index in [2.05, 4.69) is 28.5 Å². The van der Waals surface area contributed by atoms with Crippen molar-refractivity contribution in [3.63, 3.8) is 0 Å². The van der Waals surface area contributed by atoms with Crippen LogP contribution < -0.4 is 5.32 Å². The number of carbonyl (C=O) groups is 1. The first kappa shape index (κ1) is 18.0. The van der Waals surface area contributed by atoms with Crippen molar-refractivity contribution in [3.8, 4) is 10.8 Å². The molecule has 0 aromatic carbocycles. The summed E-state index contributed by atoms with van der Waals surface area (Å²) in [4.78, 5) is 14.8. The van der Waals surface area contributed by atoms with E-state index in [1.807, 2.05) is 6.92 Å². The van der Waals surface area contributed by atoms with Gasteiger partial charge in [-0.2, -0.15) is 0 Å². The number of carbonyl (C=O) groups excluding carboxylic acids is 1. The Kier molecular flexibility index (Phi) is 5.36. The van der Waals surface area contributed by atoms with E-state index in [1.54, 1.807) is 11.3 Å². The van der Waals surface area contributed by atoms with Crippen molar-refractivity contribution in [2.24, 2.45) is 5.92 Å². The van der Waals surface area contributed by atoms with E-state index in [4.69, 9.17) is 4.42 Å². The van der Waals surface area contributed by atoms with Gasteiger partial charge in [0.1, 0.15) is 0 Å². The topological polar surface area (TPSA) is 68.0 Å². The first-order valence-electron chi connectivity index (χ1n) is 9.51. The van der Waals surface area contributed by atoms with Gasteiger partial charge in [-0.15, -0.1) is 21.5 Å². The molecule has 0 unspecified atom stereocenters. The summed E-state index contributed by atoms with van der Waals surface area (Å²) < 4.78 is 5.84. The molecule has 2 aromatic rings. The van der Waals surface area contributed by atoms with Crippen LogP contribution in [0.4, 0.5) is 0 Å². The second-order valence-electron chi connectivity index (χ2n) is 7.53. The third-order valence-electron chi connectivity index (χ3n) is 5.29. The Labute approximate surface area is 162 Å². The van der Waals surface area contributed by atoms with E-state index < -0.39 is 0 Å². The molecule has 1 saturated carbocycles. The minimum absolute atomic E-state index is 0.0576. The summed E-state index contributed by atoms with van der Waals surface area (Å²) in [5.41, 5.74) is 1.43. The van der Waals surface area contributed by atoms with Gasteiger partial charge in [-0.3, -0.25) is 4.79 Å². The zero-order valence-corrected chi connectivity index (χ0v) is 16.9. The molecular weight excluding hydrogens is 366 g/mol. The number of nitrogens with zero attached hydrogens (tertiary/aromatic N) is 2. The minimum atomic E-state index is -0.235. The Hall–Kier alpha value is -1.34. The highest BCUT2D eigenvalue weighted by Crippen LogP contribution is 2.37. The maximum atomic E-state index is 12.3. The van der Waals surface area contributed by atoms with Crippen molar-refractivity contribution >= 4 is 29.0 Å². The van der Waals surface area contributed by atoms with E-state index in [1.165, 1.54) is 41.5 Å². The third-order valence-corrected chi connectivity index (χ3v) is 7.45. The molecule has 2 aromatic heterocycles. The molecule has 5 nitrogen and oxygen atoms in total. The van der Waals surface area contributed by atoms with Gasteiger partial charge in [0.15, 0.2) is 0 Å². The molecule has 140 valence electrons. The van der Waals surface area contributed by atoms with Crippen molar-refractivity contribution in [2.75, 3.05) is 0 Å². The molecular formula is C19H25N3O2S2. The van der Waals surface area contributed by atoms with Gasteiger partial charge in [-0.25, -0.2) is 0 Å². The average molecular weight is 392 g/mol. The zero-order valence-electron chi connectivity index (χ0n) is 15.3. The first-order chi connectivity index (χ1) is 12.6. The zero-order chi connectivity index (χ0) is 18.1. The molecule has 1 amide bonds. The predicted octanol–water partition coefficient (Wildman–Crippen LogP) is 4.46. The van der Waals surface area contributed by atoms with Crippen LogP contribution in [-0.2, 0) is 17.6 Å². The van der Waals surface area contributed by atoms with Gasteiger partial charge in [0.05, 0.1) is 10.1 Å². The summed E-state index contributed by atoms with van der Waals surface area (Å²) in [6.07, 6.45) is 8.15. The molecule has 0 bridgehead atoms. The van der Waals surface area contributed by atoms with E-state index in [0.29, 0.717) is 17.2 Å². The lowest BCUT2D eigenvalue weighted by Crippen LogP contribution is -2.37. The Morgan fingerprint density at radius 3 is 2.96 bits per heavy atom.